The Morgan fingerprint density at radius 1 is 0.824 bits per heavy atom. The summed E-state index contributed by atoms with van der Waals surface area (Å²) >= 11 is 0. The predicted molar refractivity (Wildman–Crippen MR) is 67.6 cm³/mol. The molecule has 0 aromatic heterocycles. The van der Waals surface area contributed by atoms with E-state index in [0.717, 1.165) is 13.1 Å². The van der Waals surface area contributed by atoms with E-state index >= 15 is 0 Å². The largest absolute Gasteiger partial charge is 0.759 e. The van der Waals surface area contributed by atoms with E-state index < -0.39 is 10.4 Å². The van der Waals surface area contributed by atoms with Crippen LogP contribution in [0.15, 0.2) is 0 Å². The molecule has 6 nitrogen and oxygen atoms in total. The van der Waals surface area contributed by atoms with Gasteiger partial charge in [-0.1, -0.05) is 39.5 Å². The smallest absolute Gasteiger partial charge is 0.0311 e. The minimum atomic E-state index is -5.17. The summed E-state index contributed by atoms with van der Waals surface area (Å²) < 4.78 is 34.1. The van der Waals surface area contributed by atoms with Gasteiger partial charge in [0.25, 0.3) is 0 Å². The van der Waals surface area contributed by atoms with Crippen LogP contribution in [-0.2, 0) is 10.4 Å². The van der Waals surface area contributed by atoms with Crippen molar-refractivity contribution < 1.29 is 17.5 Å². The molecule has 108 valence electrons. The molecule has 4 N–H and O–H groups in total. The zero-order valence-electron chi connectivity index (χ0n) is 10.9. The molecule has 0 fully saturated rings. The van der Waals surface area contributed by atoms with E-state index in [1.54, 1.807) is 0 Å². The van der Waals surface area contributed by atoms with Crippen molar-refractivity contribution in [3.63, 3.8) is 0 Å². The summed E-state index contributed by atoms with van der Waals surface area (Å²) in [7, 11) is -5.17. The Morgan fingerprint density at radius 3 is 1.12 bits per heavy atom. The van der Waals surface area contributed by atoms with Gasteiger partial charge in [0.05, 0.1) is 0 Å². The Hall–Kier alpha value is -0.210. The molecule has 0 unspecified atom stereocenters. The number of nitrogens with two attached hydrogens (primary N) is 2. The maximum absolute atomic E-state index is 8.52. The van der Waals surface area contributed by atoms with Crippen molar-refractivity contribution in [1.82, 2.24) is 0 Å². The van der Waals surface area contributed by atoms with E-state index in [9.17, 15) is 0 Å². The monoisotopic (exact) mass is 270 g/mol. The van der Waals surface area contributed by atoms with Crippen molar-refractivity contribution in [3.05, 3.63) is 0 Å². The van der Waals surface area contributed by atoms with E-state index in [1.165, 1.54) is 38.5 Å². The Morgan fingerprint density at radius 2 is 1.06 bits per heavy atom. The lowest BCUT2D eigenvalue weighted by Crippen LogP contribution is -1.96. The van der Waals surface area contributed by atoms with Crippen molar-refractivity contribution in [2.45, 2.75) is 52.4 Å². The molecule has 0 aliphatic heterocycles. The van der Waals surface area contributed by atoms with Gasteiger partial charge in [-0.05, 0) is 25.9 Å². The summed E-state index contributed by atoms with van der Waals surface area (Å²) in [4.78, 5) is 0. The molecule has 17 heavy (non-hydrogen) atoms. The Bertz CT molecular complexity index is 184. The van der Waals surface area contributed by atoms with Gasteiger partial charge in [-0.2, -0.15) is 0 Å². The Labute approximate surface area is 105 Å². The van der Waals surface area contributed by atoms with Crippen LogP contribution >= 0.6 is 0 Å². The molecule has 7 heteroatoms. The molecular weight excluding hydrogens is 244 g/mol. The number of unbranched alkanes of at least 4 members (excludes halogenated alkanes) is 4. The van der Waals surface area contributed by atoms with Crippen LogP contribution in [0.5, 0.6) is 0 Å². The lowest BCUT2D eigenvalue weighted by Gasteiger charge is -2.06. The summed E-state index contributed by atoms with van der Waals surface area (Å²) in [5.41, 5.74) is 10.4. The fourth-order valence-electron chi connectivity index (χ4n) is 0.789. The second kappa shape index (κ2) is 18.2. The lowest BCUT2D eigenvalue weighted by atomic mass is 10.3. The first-order valence-corrected chi connectivity index (χ1v) is 7.23. The highest BCUT2D eigenvalue weighted by molar-refractivity contribution is 7.79. The summed E-state index contributed by atoms with van der Waals surface area (Å²) in [5, 5.41) is 0. The van der Waals surface area contributed by atoms with Crippen LogP contribution in [0, 0.1) is 0 Å². The molecule has 0 aromatic rings. The first-order valence-electron chi connectivity index (χ1n) is 5.90. The summed E-state index contributed by atoms with van der Waals surface area (Å²) in [6.07, 6.45) is 7.51. The third kappa shape index (κ3) is 89.6. The van der Waals surface area contributed by atoms with Crippen LogP contribution in [0.1, 0.15) is 52.4 Å². The topological polar surface area (TPSA) is 132 Å². The second-order valence-electron chi connectivity index (χ2n) is 3.40. The highest BCUT2D eigenvalue weighted by atomic mass is 32.3. The molecule has 0 saturated carbocycles. The van der Waals surface area contributed by atoms with E-state index in [0.29, 0.717) is 0 Å². The molecular formula is C10H26N2O4S-2. The third-order valence-electron chi connectivity index (χ3n) is 1.62. The summed E-state index contributed by atoms with van der Waals surface area (Å²) in [6, 6.07) is 0. The maximum atomic E-state index is 8.52. The average molecular weight is 270 g/mol. The number of hydrogen-bond acceptors (Lipinski definition) is 6. The molecule has 0 aliphatic carbocycles. The standard InChI is InChI=1S/2C5H13N.H2O4S/c2*1-2-3-4-5-6;1-5(2,3)4/h2*2-6H2,1H3;(H2,1,2,3,4)/p-2. The Kier molecular flexibility index (Phi) is 23.5. The van der Waals surface area contributed by atoms with E-state index in [1.807, 2.05) is 0 Å². The first kappa shape index (κ1) is 22.0. The van der Waals surface area contributed by atoms with Crippen molar-refractivity contribution in [3.8, 4) is 0 Å². The van der Waals surface area contributed by atoms with Gasteiger partial charge in [0.2, 0.25) is 0 Å². The molecule has 0 amide bonds. The van der Waals surface area contributed by atoms with Crippen molar-refractivity contribution in [2.24, 2.45) is 11.5 Å². The minimum Gasteiger partial charge on any atom is -0.759 e. The number of rotatable bonds is 6. The lowest BCUT2D eigenvalue weighted by molar-refractivity contribution is 0.352. The van der Waals surface area contributed by atoms with Crippen LogP contribution in [0.2, 0.25) is 0 Å². The molecule has 0 bridgehead atoms. The fourth-order valence-corrected chi connectivity index (χ4v) is 0.789. The molecule has 0 rings (SSSR count). The molecule has 0 aromatic carbocycles. The SMILES string of the molecule is CCCCCN.CCCCCN.O=S(=O)([O-])[O-]. The zero-order valence-corrected chi connectivity index (χ0v) is 11.7. The number of hydrogen-bond donors (Lipinski definition) is 2. The molecule has 0 radical (unpaired) electrons. The van der Waals surface area contributed by atoms with Gasteiger partial charge in [-0.25, -0.2) is 0 Å². The first-order chi connectivity index (χ1) is 7.83. The van der Waals surface area contributed by atoms with Gasteiger partial charge in [-0.15, -0.1) is 0 Å². The summed E-state index contributed by atoms with van der Waals surface area (Å²) in [6.45, 7) is 6.06. The molecule has 0 spiro atoms. The van der Waals surface area contributed by atoms with Crippen LogP contribution in [0.25, 0.3) is 0 Å². The second-order valence-corrected chi connectivity index (χ2v) is 4.22. The van der Waals surface area contributed by atoms with Crippen LogP contribution < -0.4 is 11.5 Å². The highest BCUT2D eigenvalue weighted by Gasteiger charge is 1.75. The fraction of sp³-hybridized carbons (Fsp3) is 1.00. The quantitative estimate of drug-likeness (QED) is 0.419. The Balaban J connectivity index is -0.000000174. The van der Waals surface area contributed by atoms with Crippen molar-refractivity contribution in [1.29, 1.82) is 0 Å². The zero-order chi connectivity index (χ0) is 14.2. The van der Waals surface area contributed by atoms with E-state index in [4.69, 9.17) is 29.0 Å². The van der Waals surface area contributed by atoms with Gasteiger partial charge in [0.1, 0.15) is 0 Å². The molecule has 0 aliphatic rings. The molecule has 0 atom stereocenters. The van der Waals surface area contributed by atoms with Gasteiger partial charge in [-0.3, -0.25) is 8.42 Å². The van der Waals surface area contributed by atoms with E-state index in [-0.39, 0.29) is 0 Å². The van der Waals surface area contributed by atoms with Gasteiger partial charge < -0.3 is 20.6 Å². The third-order valence-corrected chi connectivity index (χ3v) is 1.62. The average Bonchev–Trinajstić information content (AvgIpc) is 2.22. The van der Waals surface area contributed by atoms with Crippen LogP contribution in [0.4, 0.5) is 0 Å². The maximum Gasteiger partial charge on any atom is 0.0311 e. The predicted octanol–water partition coefficient (Wildman–Crippen LogP) is 0.933. The van der Waals surface area contributed by atoms with Gasteiger partial charge >= 0.3 is 0 Å². The molecule has 0 saturated heterocycles. The molecule has 0 heterocycles. The van der Waals surface area contributed by atoms with Crippen molar-refractivity contribution in [2.75, 3.05) is 13.1 Å². The van der Waals surface area contributed by atoms with E-state index in [2.05, 4.69) is 13.8 Å². The van der Waals surface area contributed by atoms with Crippen LogP contribution in [0.3, 0.4) is 0 Å². The van der Waals surface area contributed by atoms with Crippen LogP contribution in [-0.4, -0.2) is 30.6 Å². The summed E-state index contributed by atoms with van der Waals surface area (Å²) in [5.74, 6) is 0. The van der Waals surface area contributed by atoms with Crippen molar-refractivity contribution >= 4 is 10.4 Å². The van der Waals surface area contributed by atoms with Gasteiger partial charge in [0.15, 0.2) is 0 Å². The van der Waals surface area contributed by atoms with Gasteiger partial charge in [0, 0.05) is 10.4 Å². The minimum absolute atomic E-state index is 0.855. The highest BCUT2D eigenvalue weighted by Crippen LogP contribution is 1.88. The normalized spacial score (nSPS) is 9.76.